The number of rotatable bonds is 2. The van der Waals surface area contributed by atoms with Gasteiger partial charge in [0.25, 0.3) is 0 Å². The first-order valence-corrected chi connectivity index (χ1v) is 4.85. The normalized spacial score (nSPS) is 18.8. The smallest absolute Gasteiger partial charge is 0.000386 e. The molecule has 1 heteroatoms. The fourth-order valence-electron chi connectivity index (χ4n) is 0.968. The van der Waals surface area contributed by atoms with E-state index in [0.717, 1.165) is 12.3 Å². The summed E-state index contributed by atoms with van der Waals surface area (Å²) in [5, 5.41) is 0. The highest BCUT2D eigenvalue weighted by atomic mass is 127. The summed E-state index contributed by atoms with van der Waals surface area (Å²) in [6, 6.07) is 0. The fraction of sp³-hybridized carbons (Fsp3) is 0.500. The number of hydrogen-bond donors (Lipinski definition) is 0. The van der Waals surface area contributed by atoms with Crippen LogP contribution in [0.2, 0.25) is 0 Å². The van der Waals surface area contributed by atoms with Crippen molar-refractivity contribution in [3.63, 3.8) is 0 Å². The van der Waals surface area contributed by atoms with Gasteiger partial charge in [0, 0.05) is 4.43 Å². The zero-order valence-corrected chi connectivity index (χ0v) is 7.54. The molecule has 1 aliphatic rings. The van der Waals surface area contributed by atoms with E-state index in [0.29, 0.717) is 0 Å². The van der Waals surface area contributed by atoms with Crippen LogP contribution in [0.3, 0.4) is 0 Å². The molecule has 0 fully saturated rings. The Kier molecular flexibility index (Phi) is 3.33. The average molecular weight is 234 g/mol. The van der Waals surface area contributed by atoms with E-state index in [1.807, 2.05) is 0 Å². The Hall–Kier alpha value is 0.210. The molecule has 0 saturated carbocycles. The summed E-state index contributed by atoms with van der Waals surface area (Å²) >= 11 is 2.42. The van der Waals surface area contributed by atoms with Crippen molar-refractivity contribution in [1.29, 1.82) is 0 Å². The molecular formula is C8H11I. The SMILES string of the molecule is ICCC1C=CCC=C1. The second-order valence-electron chi connectivity index (χ2n) is 2.23. The van der Waals surface area contributed by atoms with E-state index >= 15 is 0 Å². The van der Waals surface area contributed by atoms with E-state index < -0.39 is 0 Å². The van der Waals surface area contributed by atoms with Gasteiger partial charge >= 0.3 is 0 Å². The van der Waals surface area contributed by atoms with Gasteiger partial charge in [-0.2, -0.15) is 0 Å². The van der Waals surface area contributed by atoms with Crippen molar-refractivity contribution in [1.82, 2.24) is 0 Å². The quantitative estimate of drug-likeness (QED) is 0.391. The maximum absolute atomic E-state index is 2.42. The summed E-state index contributed by atoms with van der Waals surface area (Å²) in [5.74, 6) is 0.732. The van der Waals surface area contributed by atoms with Crippen molar-refractivity contribution in [3.8, 4) is 0 Å². The third-order valence-corrected chi connectivity index (χ3v) is 2.10. The lowest BCUT2D eigenvalue weighted by molar-refractivity contribution is 0.776. The molecule has 1 aliphatic carbocycles. The predicted octanol–water partition coefficient (Wildman–Crippen LogP) is 2.94. The molecule has 0 aliphatic heterocycles. The van der Waals surface area contributed by atoms with Crippen LogP contribution < -0.4 is 0 Å². The predicted molar refractivity (Wildman–Crippen MR) is 49.9 cm³/mol. The molecule has 0 aromatic heterocycles. The molecule has 0 radical (unpaired) electrons. The van der Waals surface area contributed by atoms with E-state index in [4.69, 9.17) is 0 Å². The average Bonchev–Trinajstić information content (AvgIpc) is 1.91. The van der Waals surface area contributed by atoms with Crippen LogP contribution in [0.1, 0.15) is 12.8 Å². The van der Waals surface area contributed by atoms with Crippen LogP contribution in [0.5, 0.6) is 0 Å². The molecule has 0 heterocycles. The van der Waals surface area contributed by atoms with Gasteiger partial charge < -0.3 is 0 Å². The van der Waals surface area contributed by atoms with E-state index in [1.165, 1.54) is 10.8 Å². The molecule has 0 saturated heterocycles. The maximum Gasteiger partial charge on any atom is 0.000386 e. The van der Waals surface area contributed by atoms with Crippen LogP contribution in [-0.4, -0.2) is 4.43 Å². The van der Waals surface area contributed by atoms with Crippen LogP contribution in [0, 0.1) is 5.92 Å². The molecule has 0 atom stereocenters. The molecule has 0 N–H and O–H groups in total. The Balaban J connectivity index is 2.31. The van der Waals surface area contributed by atoms with E-state index in [9.17, 15) is 0 Å². The minimum Gasteiger partial charge on any atom is -0.0863 e. The van der Waals surface area contributed by atoms with Crippen molar-refractivity contribution in [2.45, 2.75) is 12.8 Å². The third kappa shape index (κ3) is 2.52. The summed E-state index contributed by atoms with van der Waals surface area (Å²) < 4.78 is 1.26. The van der Waals surface area contributed by atoms with Gasteiger partial charge in [-0.3, -0.25) is 0 Å². The zero-order chi connectivity index (χ0) is 6.53. The Morgan fingerprint density at radius 1 is 1.33 bits per heavy atom. The van der Waals surface area contributed by atoms with Crippen molar-refractivity contribution in [2.24, 2.45) is 5.92 Å². The van der Waals surface area contributed by atoms with Crippen molar-refractivity contribution >= 4 is 22.6 Å². The topological polar surface area (TPSA) is 0 Å². The summed E-state index contributed by atoms with van der Waals surface area (Å²) in [6.45, 7) is 0. The number of alkyl halides is 1. The Morgan fingerprint density at radius 3 is 2.56 bits per heavy atom. The number of hydrogen-bond acceptors (Lipinski definition) is 0. The first-order chi connectivity index (χ1) is 4.43. The minimum absolute atomic E-state index is 0.732. The van der Waals surface area contributed by atoms with Gasteiger partial charge in [-0.15, -0.1) is 0 Å². The summed E-state index contributed by atoms with van der Waals surface area (Å²) in [4.78, 5) is 0. The molecule has 1 rings (SSSR count). The molecule has 50 valence electrons. The highest BCUT2D eigenvalue weighted by Crippen LogP contribution is 2.13. The minimum atomic E-state index is 0.732. The second-order valence-corrected chi connectivity index (χ2v) is 3.31. The van der Waals surface area contributed by atoms with Gasteiger partial charge in [0.15, 0.2) is 0 Å². The molecule has 0 aromatic carbocycles. The lowest BCUT2D eigenvalue weighted by Crippen LogP contribution is -1.94. The highest BCUT2D eigenvalue weighted by Gasteiger charge is 1.99. The van der Waals surface area contributed by atoms with Gasteiger partial charge in [0.05, 0.1) is 0 Å². The van der Waals surface area contributed by atoms with Gasteiger partial charge in [0.1, 0.15) is 0 Å². The van der Waals surface area contributed by atoms with E-state index in [1.54, 1.807) is 0 Å². The molecule has 0 spiro atoms. The van der Waals surface area contributed by atoms with Gasteiger partial charge in [-0.25, -0.2) is 0 Å². The molecule has 0 unspecified atom stereocenters. The molecular weight excluding hydrogens is 223 g/mol. The van der Waals surface area contributed by atoms with Crippen molar-refractivity contribution in [3.05, 3.63) is 24.3 Å². The fourth-order valence-corrected chi connectivity index (χ4v) is 1.69. The van der Waals surface area contributed by atoms with Crippen LogP contribution in [0.25, 0.3) is 0 Å². The van der Waals surface area contributed by atoms with Gasteiger partial charge in [-0.1, -0.05) is 46.9 Å². The largest absolute Gasteiger partial charge is 0.0863 e. The van der Waals surface area contributed by atoms with Gasteiger partial charge in [-0.05, 0) is 18.8 Å². The molecule has 0 aromatic rings. The second kappa shape index (κ2) is 4.09. The zero-order valence-electron chi connectivity index (χ0n) is 5.39. The maximum atomic E-state index is 2.42. The lowest BCUT2D eigenvalue weighted by atomic mass is 10.0. The van der Waals surface area contributed by atoms with E-state index in [-0.39, 0.29) is 0 Å². The van der Waals surface area contributed by atoms with E-state index in [2.05, 4.69) is 46.9 Å². The lowest BCUT2D eigenvalue weighted by Gasteiger charge is -2.07. The van der Waals surface area contributed by atoms with Crippen LogP contribution in [0.4, 0.5) is 0 Å². The first kappa shape index (κ1) is 7.32. The molecule has 0 amide bonds. The molecule has 0 bridgehead atoms. The Morgan fingerprint density at radius 2 is 2.00 bits per heavy atom. The van der Waals surface area contributed by atoms with Crippen LogP contribution in [-0.2, 0) is 0 Å². The third-order valence-electron chi connectivity index (χ3n) is 1.48. The van der Waals surface area contributed by atoms with Crippen molar-refractivity contribution < 1.29 is 0 Å². The highest BCUT2D eigenvalue weighted by molar-refractivity contribution is 14.1. The number of allylic oxidation sites excluding steroid dienone is 4. The summed E-state index contributed by atoms with van der Waals surface area (Å²) in [6.07, 6.45) is 11.5. The Bertz CT molecular complexity index is 113. The summed E-state index contributed by atoms with van der Waals surface area (Å²) in [5.41, 5.74) is 0. The molecule has 9 heavy (non-hydrogen) atoms. The standard InChI is InChI=1S/C8H11I/c9-7-6-8-4-2-1-3-5-8/h2-5,8H,1,6-7H2. The Labute approximate surface area is 70.2 Å². The monoisotopic (exact) mass is 234 g/mol. The molecule has 0 nitrogen and oxygen atoms in total. The van der Waals surface area contributed by atoms with Gasteiger partial charge in [0.2, 0.25) is 0 Å². The summed E-state index contributed by atoms with van der Waals surface area (Å²) in [7, 11) is 0. The van der Waals surface area contributed by atoms with Crippen LogP contribution >= 0.6 is 22.6 Å². The van der Waals surface area contributed by atoms with Crippen LogP contribution in [0.15, 0.2) is 24.3 Å². The number of halogens is 1. The van der Waals surface area contributed by atoms with Crippen molar-refractivity contribution in [2.75, 3.05) is 4.43 Å². The first-order valence-electron chi connectivity index (χ1n) is 3.33.